The van der Waals surface area contributed by atoms with Crippen molar-refractivity contribution in [1.82, 2.24) is 10.3 Å². The maximum Gasteiger partial charge on any atom is 0.305 e. The van der Waals surface area contributed by atoms with Crippen molar-refractivity contribution < 1.29 is 38.4 Å². The molecule has 1 aliphatic rings. The summed E-state index contributed by atoms with van der Waals surface area (Å²) in [6.45, 7) is 9.10. The molecule has 0 spiro atoms. The minimum Gasteiger partial charge on any atom is -0.481 e. The Balaban J connectivity index is 1.14. The van der Waals surface area contributed by atoms with Crippen molar-refractivity contribution >= 4 is 29.2 Å². The van der Waals surface area contributed by atoms with Gasteiger partial charge in [0.15, 0.2) is 0 Å². The van der Waals surface area contributed by atoms with Crippen LogP contribution in [0.3, 0.4) is 0 Å². The summed E-state index contributed by atoms with van der Waals surface area (Å²) in [4.78, 5) is 44.7. The van der Waals surface area contributed by atoms with Gasteiger partial charge >= 0.3 is 5.97 Å². The molecule has 3 aromatic carbocycles. The lowest BCUT2D eigenvalue weighted by molar-refractivity contribution is -0.138. The predicted molar refractivity (Wildman–Crippen MR) is 221 cm³/mol. The van der Waals surface area contributed by atoms with E-state index in [-0.39, 0.29) is 30.9 Å². The standard InChI is InChI=1S/C45H56N4O8/c1-3-49(4-2)37-17-18-41(39(32-37)42-31-36(19-21-46-42)45(53)47-40-16-8-13-34-12-5-6-15-38(34)40)48-44(52)35-14-7-10-33(30-35)11-9-22-54-24-26-56-28-29-57-27-25-55-23-20-43(50)51/h5-7,10,12,14-15,17-19,21,30-32,40H,3-4,8-9,11,13,16,20,22-29H2,1-2H3,(H,47,53)(H,48,52)(H,50,51). The number of pyridine rings is 1. The number of ether oxygens (including phenoxy) is 4. The lowest BCUT2D eigenvalue weighted by Crippen LogP contribution is -2.31. The van der Waals surface area contributed by atoms with Gasteiger partial charge in [0.1, 0.15) is 0 Å². The molecule has 12 nitrogen and oxygen atoms in total. The molecule has 1 unspecified atom stereocenters. The number of nitrogens with one attached hydrogen (secondary N) is 2. The Morgan fingerprint density at radius 3 is 2.21 bits per heavy atom. The lowest BCUT2D eigenvalue weighted by atomic mass is 9.87. The predicted octanol–water partition coefficient (Wildman–Crippen LogP) is 7.13. The van der Waals surface area contributed by atoms with Gasteiger partial charge in [-0.05, 0) is 105 Å². The summed E-state index contributed by atoms with van der Waals surface area (Å²) in [6.07, 6.45) is 6.11. The molecule has 0 saturated carbocycles. The van der Waals surface area contributed by atoms with Crippen molar-refractivity contribution in [3.63, 3.8) is 0 Å². The molecule has 1 heterocycles. The molecule has 0 saturated heterocycles. The number of fused-ring (bicyclic) bond motifs is 1. The largest absolute Gasteiger partial charge is 0.481 e. The van der Waals surface area contributed by atoms with Crippen LogP contribution in [0, 0.1) is 0 Å². The van der Waals surface area contributed by atoms with Crippen LogP contribution in [0.1, 0.15) is 83.0 Å². The second-order valence-electron chi connectivity index (χ2n) is 13.8. The van der Waals surface area contributed by atoms with E-state index in [1.54, 1.807) is 24.4 Å². The molecule has 0 radical (unpaired) electrons. The maximum atomic E-state index is 13.7. The first-order valence-corrected chi connectivity index (χ1v) is 20.0. The Kier molecular flexibility index (Phi) is 17.5. The number of nitrogens with zero attached hydrogens (tertiary/aromatic N) is 2. The van der Waals surface area contributed by atoms with Gasteiger partial charge in [0.05, 0.1) is 70.1 Å². The number of anilines is 2. The van der Waals surface area contributed by atoms with E-state index in [1.807, 2.05) is 48.5 Å². The second-order valence-corrected chi connectivity index (χ2v) is 13.8. The molecule has 1 aliphatic carbocycles. The topological polar surface area (TPSA) is 149 Å². The highest BCUT2D eigenvalue weighted by Crippen LogP contribution is 2.33. The van der Waals surface area contributed by atoms with Crippen LogP contribution < -0.4 is 15.5 Å². The summed E-state index contributed by atoms with van der Waals surface area (Å²) in [5.74, 6) is -1.27. The zero-order chi connectivity index (χ0) is 40.2. The molecular formula is C45H56N4O8. The molecule has 12 heteroatoms. The van der Waals surface area contributed by atoms with E-state index in [9.17, 15) is 14.4 Å². The molecule has 0 aliphatic heterocycles. The number of carbonyl (C=O) groups is 3. The molecule has 5 rings (SSSR count). The van der Waals surface area contributed by atoms with Gasteiger partial charge in [-0.25, -0.2) is 0 Å². The second kappa shape index (κ2) is 23.2. The molecule has 4 aromatic rings. The monoisotopic (exact) mass is 780 g/mol. The summed E-state index contributed by atoms with van der Waals surface area (Å²) >= 11 is 0. The van der Waals surface area contributed by atoms with E-state index < -0.39 is 5.97 Å². The summed E-state index contributed by atoms with van der Waals surface area (Å²) in [5.41, 5.74) is 7.49. The summed E-state index contributed by atoms with van der Waals surface area (Å²) in [5, 5.41) is 15.0. The molecule has 57 heavy (non-hydrogen) atoms. The van der Waals surface area contributed by atoms with Gasteiger partial charge in [0.2, 0.25) is 0 Å². The minimum absolute atomic E-state index is 0.0165. The van der Waals surface area contributed by atoms with E-state index >= 15 is 0 Å². The van der Waals surface area contributed by atoms with Gasteiger partial charge in [0.25, 0.3) is 11.8 Å². The van der Waals surface area contributed by atoms with Crippen LogP contribution in [-0.2, 0) is 36.6 Å². The van der Waals surface area contributed by atoms with Gasteiger partial charge in [0, 0.05) is 48.3 Å². The van der Waals surface area contributed by atoms with Gasteiger partial charge in [-0.1, -0.05) is 36.4 Å². The lowest BCUT2D eigenvalue weighted by Gasteiger charge is -2.26. The number of hydrogen-bond acceptors (Lipinski definition) is 9. The van der Waals surface area contributed by atoms with Crippen molar-refractivity contribution in [3.8, 4) is 11.3 Å². The summed E-state index contributed by atoms with van der Waals surface area (Å²) < 4.78 is 21.8. The zero-order valence-electron chi connectivity index (χ0n) is 33.2. The summed E-state index contributed by atoms with van der Waals surface area (Å²) in [6, 6.07) is 25.4. The Labute approximate surface area is 335 Å². The van der Waals surface area contributed by atoms with E-state index in [0.717, 1.165) is 62.0 Å². The number of aromatic nitrogens is 1. The summed E-state index contributed by atoms with van der Waals surface area (Å²) in [7, 11) is 0. The third-order valence-corrected chi connectivity index (χ3v) is 9.87. The highest BCUT2D eigenvalue weighted by molar-refractivity contribution is 6.06. The van der Waals surface area contributed by atoms with E-state index in [1.165, 1.54) is 11.1 Å². The number of benzene rings is 3. The van der Waals surface area contributed by atoms with Crippen LogP contribution in [0.15, 0.2) is 85.1 Å². The SMILES string of the molecule is CCN(CC)c1ccc(NC(=O)c2cccc(CCCOCCOCCOCCOCCC(=O)O)c2)c(-c2cc(C(=O)NC3CCCc4ccccc43)ccn2)c1. The molecular weight excluding hydrogens is 725 g/mol. The van der Waals surface area contributed by atoms with E-state index in [2.05, 4.69) is 46.5 Å². The first-order valence-electron chi connectivity index (χ1n) is 20.0. The fraction of sp³-hybridized carbons (Fsp3) is 0.422. The molecule has 0 bridgehead atoms. The molecule has 304 valence electrons. The minimum atomic E-state index is -0.883. The van der Waals surface area contributed by atoms with Crippen molar-refractivity contribution in [2.75, 3.05) is 76.2 Å². The Morgan fingerprint density at radius 1 is 0.772 bits per heavy atom. The normalized spacial score (nSPS) is 13.5. The van der Waals surface area contributed by atoms with Crippen molar-refractivity contribution in [3.05, 3.63) is 113 Å². The average Bonchev–Trinajstić information content (AvgIpc) is 3.23. The molecule has 3 N–H and O–H groups in total. The Morgan fingerprint density at radius 2 is 1.47 bits per heavy atom. The van der Waals surface area contributed by atoms with Gasteiger partial charge < -0.3 is 39.6 Å². The Hall–Kier alpha value is -5.14. The number of carboxylic acids is 1. The van der Waals surface area contributed by atoms with Crippen LogP contribution in [0.4, 0.5) is 11.4 Å². The van der Waals surface area contributed by atoms with Crippen molar-refractivity contribution in [2.24, 2.45) is 0 Å². The highest BCUT2D eigenvalue weighted by Gasteiger charge is 2.23. The van der Waals surface area contributed by atoms with Crippen LogP contribution in [-0.4, -0.2) is 93.8 Å². The quantitative estimate of drug-likeness (QED) is 0.0628. The van der Waals surface area contributed by atoms with Crippen LogP contribution in [0.5, 0.6) is 0 Å². The third-order valence-electron chi connectivity index (χ3n) is 9.87. The first kappa shape index (κ1) is 43.0. The number of amides is 2. The smallest absolute Gasteiger partial charge is 0.305 e. The molecule has 1 aromatic heterocycles. The zero-order valence-corrected chi connectivity index (χ0v) is 33.2. The number of carboxylic acid groups (broad SMARTS) is 1. The maximum absolute atomic E-state index is 13.7. The van der Waals surface area contributed by atoms with Gasteiger partial charge in [-0.3, -0.25) is 19.4 Å². The molecule has 2 amide bonds. The van der Waals surface area contributed by atoms with Crippen molar-refractivity contribution in [2.45, 2.75) is 58.4 Å². The Bertz CT molecular complexity index is 1900. The van der Waals surface area contributed by atoms with E-state index in [4.69, 9.17) is 24.1 Å². The molecule has 1 atom stereocenters. The number of rotatable bonds is 24. The average molecular weight is 781 g/mol. The highest BCUT2D eigenvalue weighted by atomic mass is 16.6. The number of aliphatic carboxylic acids is 1. The third kappa shape index (κ3) is 13.5. The van der Waals surface area contributed by atoms with E-state index in [0.29, 0.717) is 68.8 Å². The first-order chi connectivity index (χ1) is 27.9. The van der Waals surface area contributed by atoms with Crippen LogP contribution >= 0.6 is 0 Å². The van der Waals surface area contributed by atoms with Gasteiger partial charge in [-0.15, -0.1) is 0 Å². The number of aryl methyl sites for hydroxylation is 2. The van der Waals surface area contributed by atoms with Crippen molar-refractivity contribution in [1.29, 1.82) is 0 Å². The fourth-order valence-corrected chi connectivity index (χ4v) is 6.87. The van der Waals surface area contributed by atoms with Crippen LogP contribution in [0.25, 0.3) is 11.3 Å². The van der Waals surface area contributed by atoms with Gasteiger partial charge in [-0.2, -0.15) is 0 Å². The number of hydrogen-bond donors (Lipinski definition) is 3. The number of carbonyl (C=O) groups excluding carboxylic acids is 2. The molecule has 0 fully saturated rings. The fourth-order valence-electron chi connectivity index (χ4n) is 6.87. The van der Waals surface area contributed by atoms with Crippen LogP contribution in [0.2, 0.25) is 0 Å².